The first-order valence-electron chi connectivity index (χ1n) is 4.16. The fourth-order valence-electron chi connectivity index (χ4n) is 1.13. The molecule has 0 radical (unpaired) electrons. The molecule has 0 aliphatic rings. The van der Waals surface area contributed by atoms with Gasteiger partial charge in [-0.15, -0.1) is 11.8 Å². The van der Waals surface area contributed by atoms with E-state index in [9.17, 15) is 0 Å². The van der Waals surface area contributed by atoms with Crippen LogP contribution in [0.2, 0.25) is 0 Å². The van der Waals surface area contributed by atoms with Gasteiger partial charge in [-0.2, -0.15) is 11.8 Å². The zero-order chi connectivity index (χ0) is 9.68. The summed E-state index contributed by atoms with van der Waals surface area (Å²) in [6, 6.07) is 8.66. The molecule has 1 nitrogen and oxygen atoms in total. The lowest BCUT2D eigenvalue weighted by Gasteiger charge is -2.10. The zero-order valence-corrected chi connectivity index (χ0v) is 9.62. The molecule has 72 valence electrons. The second kappa shape index (κ2) is 5.58. The van der Waals surface area contributed by atoms with E-state index in [1.54, 1.807) is 23.5 Å². The lowest BCUT2D eigenvalue weighted by molar-refractivity contribution is 0.831. The van der Waals surface area contributed by atoms with Gasteiger partial charge in [0.1, 0.15) is 0 Å². The van der Waals surface area contributed by atoms with E-state index in [1.807, 2.05) is 0 Å². The van der Waals surface area contributed by atoms with Crippen LogP contribution >= 0.6 is 23.5 Å². The monoisotopic (exact) mass is 213 g/mol. The minimum Gasteiger partial charge on any atom is -0.323 e. The van der Waals surface area contributed by atoms with Crippen molar-refractivity contribution in [1.29, 1.82) is 0 Å². The van der Waals surface area contributed by atoms with Crippen LogP contribution in [-0.4, -0.2) is 18.3 Å². The summed E-state index contributed by atoms with van der Waals surface area (Å²) in [5.74, 6) is 0.985. The smallest absolute Gasteiger partial charge is 0.0386 e. The Morgan fingerprint density at radius 1 is 1.23 bits per heavy atom. The maximum atomic E-state index is 5.97. The highest BCUT2D eigenvalue weighted by Crippen LogP contribution is 2.19. The van der Waals surface area contributed by atoms with Gasteiger partial charge >= 0.3 is 0 Å². The summed E-state index contributed by atoms with van der Waals surface area (Å²) < 4.78 is 0. The molecule has 3 heteroatoms. The molecule has 2 N–H and O–H groups in total. The minimum atomic E-state index is 0.172. The number of hydrogen-bond donors (Lipinski definition) is 1. The van der Waals surface area contributed by atoms with Gasteiger partial charge in [0.25, 0.3) is 0 Å². The van der Waals surface area contributed by atoms with Crippen LogP contribution in [-0.2, 0) is 0 Å². The van der Waals surface area contributed by atoms with E-state index in [2.05, 4.69) is 36.8 Å². The first-order chi connectivity index (χ1) is 6.27. The molecule has 1 aromatic rings. The van der Waals surface area contributed by atoms with Gasteiger partial charge in [-0.05, 0) is 30.2 Å². The fourth-order valence-corrected chi connectivity index (χ4v) is 2.09. The SMILES string of the molecule is CSCC(N)c1ccc(SC)cc1. The molecular formula is C10H15NS2. The molecule has 0 heterocycles. The summed E-state index contributed by atoms with van der Waals surface area (Å²) in [6.07, 6.45) is 4.16. The molecule has 0 aromatic heterocycles. The molecule has 1 rings (SSSR count). The van der Waals surface area contributed by atoms with Crippen molar-refractivity contribution in [1.82, 2.24) is 0 Å². The van der Waals surface area contributed by atoms with Crippen molar-refractivity contribution in [2.75, 3.05) is 18.3 Å². The first-order valence-corrected chi connectivity index (χ1v) is 6.78. The van der Waals surface area contributed by atoms with Gasteiger partial charge in [-0.25, -0.2) is 0 Å². The average Bonchev–Trinajstić information content (AvgIpc) is 2.18. The van der Waals surface area contributed by atoms with Crippen LogP contribution in [0.3, 0.4) is 0 Å². The molecule has 1 unspecified atom stereocenters. The van der Waals surface area contributed by atoms with Crippen LogP contribution in [0.5, 0.6) is 0 Å². The predicted molar refractivity (Wildman–Crippen MR) is 63.5 cm³/mol. The topological polar surface area (TPSA) is 26.0 Å². The highest BCUT2D eigenvalue weighted by Gasteiger charge is 2.03. The van der Waals surface area contributed by atoms with Crippen LogP contribution in [0, 0.1) is 0 Å². The van der Waals surface area contributed by atoms with Crippen molar-refractivity contribution in [2.24, 2.45) is 5.73 Å². The number of benzene rings is 1. The second-order valence-corrected chi connectivity index (χ2v) is 4.63. The maximum Gasteiger partial charge on any atom is 0.0386 e. The van der Waals surface area contributed by atoms with Crippen molar-refractivity contribution >= 4 is 23.5 Å². The van der Waals surface area contributed by atoms with Crippen LogP contribution in [0.1, 0.15) is 11.6 Å². The Hall–Kier alpha value is -0.120. The molecule has 1 aromatic carbocycles. The molecule has 0 fully saturated rings. The van der Waals surface area contributed by atoms with E-state index in [1.165, 1.54) is 10.5 Å². The minimum absolute atomic E-state index is 0.172. The van der Waals surface area contributed by atoms with Crippen molar-refractivity contribution < 1.29 is 0 Å². The molecule has 0 amide bonds. The number of rotatable bonds is 4. The van der Waals surface area contributed by atoms with Crippen molar-refractivity contribution in [2.45, 2.75) is 10.9 Å². The third-order valence-electron chi connectivity index (χ3n) is 1.89. The van der Waals surface area contributed by atoms with Crippen LogP contribution in [0.4, 0.5) is 0 Å². The largest absolute Gasteiger partial charge is 0.323 e. The van der Waals surface area contributed by atoms with E-state index in [0.717, 1.165) is 5.75 Å². The highest BCUT2D eigenvalue weighted by molar-refractivity contribution is 7.98. The molecule has 0 aliphatic heterocycles. The summed E-state index contributed by atoms with van der Waals surface area (Å²) in [5, 5.41) is 0. The number of hydrogen-bond acceptors (Lipinski definition) is 3. The van der Waals surface area contributed by atoms with Crippen LogP contribution < -0.4 is 5.73 Å². The molecule has 0 bridgehead atoms. The van der Waals surface area contributed by atoms with Gasteiger partial charge in [-0.3, -0.25) is 0 Å². The Bertz CT molecular complexity index is 246. The lowest BCUT2D eigenvalue weighted by Crippen LogP contribution is -2.12. The predicted octanol–water partition coefficient (Wildman–Crippen LogP) is 2.77. The molecular weight excluding hydrogens is 198 g/mol. The van der Waals surface area contributed by atoms with Gasteiger partial charge in [-0.1, -0.05) is 12.1 Å². The molecule has 0 saturated carbocycles. The molecule has 1 atom stereocenters. The maximum absolute atomic E-state index is 5.97. The summed E-state index contributed by atoms with van der Waals surface area (Å²) >= 11 is 3.54. The van der Waals surface area contributed by atoms with Gasteiger partial charge in [0, 0.05) is 16.7 Å². The third-order valence-corrected chi connectivity index (χ3v) is 3.33. The molecule has 0 aliphatic carbocycles. The van der Waals surface area contributed by atoms with E-state index in [0.29, 0.717) is 0 Å². The summed E-state index contributed by atoms with van der Waals surface area (Å²) in [6.45, 7) is 0. The first kappa shape index (κ1) is 11.0. The van der Waals surface area contributed by atoms with Gasteiger partial charge < -0.3 is 5.73 Å². The average molecular weight is 213 g/mol. The van der Waals surface area contributed by atoms with Crippen LogP contribution in [0.25, 0.3) is 0 Å². The number of nitrogens with two attached hydrogens (primary N) is 1. The van der Waals surface area contributed by atoms with Crippen molar-refractivity contribution in [3.63, 3.8) is 0 Å². The van der Waals surface area contributed by atoms with Crippen molar-refractivity contribution in [3.8, 4) is 0 Å². The normalized spacial score (nSPS) is 12.8. The fraction of sp³-hybridized carbons (Fsp3) is 0.400. The molecule has 0 saturated heterocycles. The quantitative estimate of drug-likeness (QED) is 0.779. The van der Waals surface area contributed by atoms with Crippen molar-refractivity contribution in [3.05, 3.63) is 29.8 Å². The third kappa shape index (κ3) is 3.25. The summed E-state index contributed by atoms with van der Waals surface area (Å²) in [4.78, 5) is 1.29. The second-order valence-electron chi connectivity index (χ2n) is 2.83. The Labute approximate surface area is 88.5 Å². The van der Waals surface area contributed by atoms with Gasteiger partial charge in [0.2, 0.25) is 0 Å². The Morgan fingerprint density at radius 2 is 1.85 bits per heavy atom. The molecule has 0 spiro atoms. The van der Waals surface area contributed by atoms with E-state index in [4.69, 9.17) is 5.73 Å². The zero-order valence-electron chi connectivity index (χ0n) is 7.99. The van der Waals surface area contributed by atoms with Crippen LogP contribution in [0.15, 0.2) is 29.2 Å². The Balaban J connectivity index is 2.67. The van der Waals surface area contributed by atoms with E-state index in [-0.39, 0.29) is 6.04 Å². The van der Waals surface area contributed by atoms with Gasteiger partial charge in [0.15, 0.2) is 0 Å². The van der Waals surface area contributed by atoms with E-state index >= 15 is 0 Å². The molecule has 13 heavy (non-hydrogen) atoms. The van der Waals surface area contributed by atoms with E-state index < -0.39 is 0 Å². The number of thioether (sulfide) groups is 2. The van der Waals surface area contributed by atoms with Gasteiger partial charge in [0.05, 0.1) is 0 Å². The summed E-state index contributed by atoms with van der Waals surface area (Å²) in [5.41, 5.74) is 7.20. The Morgan fingerprint density at radius 3 is 2.31 bits per heavy atom. The summed E-state index contributed by atoms with van der Waals surface area (Å²) in [7, 11) is 0. The lowest BCUT2D eigenvalue weighted by atomic mass is 10.1. The highest BCUT2D eigenvalue weighted by atomic mass is 32.2. The standard InChI is InChI=1S/C10H15NS2/c1-12-7-10(11)8-3-5-9(13-2)6-4-8/h3-6,10H,7,11H2,1-2H3. The Kier molecular flexibility index (Phi) is 4.70.